The number of ether oxygens (including phenoxy) is 2. The van der Waals surface area contributed by atoms with Crippen LogP contribution in [0, 0.1) is 0 Å². The molecule has 72 valence electrons. The van der Waals surface area contributed by atoms with Crippen molar-refractivity contribution < 1.29 is 9.47 Å². The van der Waals surface area contributed by atoms with Gasteiger partial charge in [-0.15, -0.1) is 0 Å². The van der Waals surface area contributed by atoms with Crippen LogP contribution in [0.5, 0.6) is 5.75 Å². The average Bonchev–Trinajstić information content (AvgIpc) is 2.18. The Labute approximate surface area is 78.5 Å². The van der Waals surface area contributed by atoms with E-state index < -0.39 is 0 Å². The van der Waals surface area contributed by atoms with Gasteiger partial charge >= 0.3 is 0 Å². The molecule has 0 aliphatic heterocycles. The molecule has 0 aliphatic carbocycles. The van der Waals surface area contributed by atoms with Crippen molar-refractivity contribution in [2.45, 2.75) is 6.04 Å². The zero-order valence-corrected chi connectivity index (χ0v) is 7.99. The van der Waals surface area contributed by atoms with Gasteiger partial charge in [0.25, 0.3) is 0 Å². The Hall–Kier alpha value is -1.06. The molecule has 2 N–H and O–H groups in total. The van der Waals surface area contributed by atoms with E-state index in [4.69, 9.17) is 15.2 Å². The normalized spacial score (nSPS) is 12.5. The average molecular weight is 181 g/mol. The van der Waals surface area contributed by atoms with Crippen molar-refractivity contribution in [3.8, 4) is 5.75 Å². The number of hydrogen-bond donors (Lipinski definition) is 1. The topological polar surface area (TPSA) is 44.5 Å². The van der Waals surface area contributed by atoms with Crippen LogP contribution >= 0.6 is 0 Å². The van der Waals surface area contributed by atoms with Crippen molar-refractivity contribution in [3.05, 3.63) is 29.8 Å². The highest BCUT2D eigenvalue weighted by atomic mass is 16.5. The lowest BCUT2D eigenvalue weighted by molar-refractivity contribution is 0.179. The lowest BCUT2D eigenvalue weighted by atomic mass is 10.1. The van der Waals surface area contributed by atoms with Crippen molar-refractivity contribution in [1.82, 2.24) is 0 Å². The summed E-state index contributed by atoms with van der Waals surface area (Å²) in [5, 5.41) is 0. The first kappa shape index (κ1) is 10.0. The molecule has 0 saturated heterocycles. The van der Waals surface area contributed by atoms with Crippen LogP contribution < -0.4 is 10.5 Å². The SMILES string of the molecule is COC[C@H](N)c1ccccc1OC. The molecular formula is C10H15NO2. The van der Waals surface area contributed by atoms with Crippen molar-refractivity contribution in [2.75, 3.05) is 20.8 Å². The highest BCUT2D eigenvalue weighted by Gasteiger charge is 2.09. The first-order valence-electron chi connectivity index (χ1n) is 4.17. The molecule has 0 amide bonds. The van der Waals surface area contributed by atoms with Gasteiger partial charge in [-0.2, -0.15) is 0 Å². The Morgan fingerprint density at radius 1 is 1.31 bits per heavy atom. The second-order valence-electron chi connectivity index (χ2n) is 2.80. The van der Waals surface area contributed by atoms with E-state index in [2.05, 4.69) is 0 Å². The van der Waals surface area contributed by atoms with Crippen LogP contribution in [0.2, 0.25) is 0 Å². The second kappa shape index (κ2) is 4.84. The Morgan fingerprint density at radius 3 is 2.62 bits per heavy atom. The smallest absolute Gasteiger partial charge is 0.123 e. The van der Waals surface area contributed by atoms with E-state index in [1.165, 1.54) is 0 Å². The van der Waals surface area contributed by atoms with E-state index >= 15 is 0 Å². The zero-order valence-electron chi connectivity index (χ0n) is 7.99. The van der Waals surface area contributed by atoms with Gasteiger partial charge in [0.2, 0.25) is 0 Å². The van der Waals surface area contributed by atoms with E-state index in [0.717, 1.165) is 11.3 Å². The van der Waals surface area contributed by atoms with Crippen LogP contribution in [0.1, 0.15) is 11.6 Å². The molecule has 0 fully saturated rings. The highest BCUT2D eigenvalue weighted by molar-refractivity contribution is 5.35. The molecule has 1 aromatic carbocycles. The maximum Gasteiger partial charge on any atom is 0.123 e. The Kier molecular flexibility index (Phi) is 3.73. The van der Waals surface area contributed by atoms with Crippen molar-refractivity contribution in [1.29, 1.82) is 0 Å². The van der Waals surface area contributed by atoms with E-state index in [1.807, 2.05) is 24.3 Å². The van der Waals surface area contributed by atoms with Crippen molar-refractivity contribution in [3.63, 3.8) is 0 Å². The summed E-state index contributed by atoms with van der Waals surface area (Å²) in [4.78, 5) is 0. The monoisotopic (exact) mass is 181 g/mol. The van der Waals surface area contributed by atoms with Gasteiger partial charge < -0.3 is 15.2 Å². The maximum absolute atomic E-state index is 5.88. The van der Waals surface area contributed by atoms with Gasteiger partial charge in [0.05, 0.1) is 19.8 Å². The summed E-state index contributed by atoms with van der Waals surface area (Å²) < 4.78 is 10.2. The van der Waals surface area contributed by atoms with Crippen LogP contribution in [-0.2, 0) is 4.74 Å². The quantitative estimate of drug-likeness (QED) is 0.762. The van der Waals surface area contributed by atoms with Crippen molar-refractivity contribution in [2.24, 2.45) is 5.73 Å². The standard InChI is InChI=1S/C10H15NO2/c1-12-7-9(11)8-5-3-4-6-10(8)13-2/h3-6,9H,7,11H2,1-2H3/t9-/m0/s1. The lowest BCUT2D eigenvalue weighted by Gasteiger charge is -2.14. The third-order valence-electron chi connectivity index (χ3n) is 1.88. The van der Waals surface area contributed by atoms with Crippen LogP contribution in [-0.4, -0.2) is 20.8 Å². The largest absolute Gasteiger partial charge is 0.496 e. The first-order valence-corrected chi connectivity index (χ1v) is 4.17. The van der Waals surface area contributed by atoms with E-state index in [0.29, 0.717) is 6.61 Å². The number of methoxy groups -OCH3 is 2. The predicted octanol–water partition coefficient (Wildman–Crippen LogP) is 1.34. The van der Waals surface area contributed by atoms with Crippen LogP contribution in [0.25, 0.3) is 0 Å². The molecule has 0 aromatic heterocycles. The fourth-order valence-corrected chi connectivity index (χ4v) is 1.24. The number of nitrogens with two attached hydrogens (primary N) is 1. The highest BCUT2D eigenvalue weighted by Crippen LogP contribution is 2.22. The number of rotatable bonds is 4. The summed E-state index contributed by atoms with van der Waals surface area (Å²) in [7, 11) is 3.27. The first-order chi connectivity index (χ1) is 6.29. The number of para-hydroxylation sites is 1. The van der Waals surface area contributed by atoms with Gasteiger partial charge in [0, 0.05) is 12.7 Å². The van der Waals surface area contributed by atoms with Crippen molar-refractivity contribution >= 4 is 0 Å². The molecule has 0 unspecified atom stereocenters. The Morgan fingerprint density at radius 2 is 2.00 bits per heavy atom. The van der Waals surface area contributed by atoms with E-state index in [-0.39, 0.29) is 6.04 Å². The van der Waals surface area contributed by atoms with Gasteiger partial charge in [-0.25, -0.2) is 0 Å². The van der Waals surface area contributed by atoms with Gasteiger partial charge in [0.1, 0.15) is 5.75 Å². The van der Waals surface area contributed by atoms with Crippen LogP contribution in [0.15, 0.2) is 24.3 Å². The molecule has 3 nitrogen and oxygen atoms in total. The van der Waals surface area contributed by atoms with Gasteiger partial charge in [-0.3, -0.25) is 0 Å². The van der Waals surface area contributed by atoms with Gasteiger partial charge in [-0.05, 0) is 6.07 Å². The molecule has 1 atom stereocenters. The molecule has 0 saturated carbocycles. The minimum atomic E-state index is -0.124. The summed E-state index contributed by atoms with van der Waals surface area (Å²) in [5.41, 5.74) is 6.86. The lowest BCUT2D eigenvalue weighted by Crippen LogP contribution is -2.16. The minimum absolute atomic E-state index is 0.124. The Balaban J connectivity index is 2.85. The molecule has 1 aromatic rings. The number of hydrogen-bond acceptors (Lipinski definition) is 3. The zero-order chi connectivity index (χ0) is 9.68. The summed E-state index contributed by atoms with van der Waals surface area (Å²) in [6.45, 7) is 0.500. The molecule has 0 bridgehead atoms. The summed E-state index contributed by atoms with van der Waals surface area (Å²) in [5.74, 6) is 0.812. The minimum Gasteiger partial charge on any atom is -0.496 e. The second-order valence-corrected chi connectivity index (χ2v) is 2.80. The van der Waals surface area contributed by atoms with E-state index in [9.17, 15) is 0 Å². The molecule has 0 radical (unpaired) electrons. The third kappa shape index (κ3) is 2.44. The summed E-state index contributed by atoms with van der Waals surface area (Å²) in [6, 6.07) is 7.57. The predicted molar refractivity (Wildman–Crippen MR) is 51.8 cm³/mol. The molecule has 1 rings (SSSR count). The fourth-order valence-electron chi connectivity index (χ4n) is 1.24. The molecule has 0 spiro atoms. The summed E-state index contributed by atoms with van der Waals surface area (Å²) >= 11 is 0. The molecular weight excluding hydrogens is 166 g/mol. The molecule has 13 heavy (non-hydrogen) atoms. The fraction of sp³-hybridized carbons (Fsp3) is 0.400. The molecule has 0 aliphatic rings. The molecule has 0 heterocycles. The molecule has 3 heteroatoms. The van der Waals surface area contributed by atoms with Crippen LogP contribution in [0.4, 0.5) is 0 Å². The van der Waals surface area contributed by atoms with E-state index in [1.54, 1.807) is 14.2 Å². The van der Waals surface area contributed by atoms with Gasteiger partial charge in [0.15, 0.2) is 0 Å². The summed E-state index contributed by atoms with van der Waals surface area (Å²) in [6.07, 6.45) is 0. The van der Waals surface area contributed by atoms with Crippen LogP contribution in [0.3, 0.4) is 0 Å². The number of benzene rings is 1. The Bertz CT molecular complexity index is 263. The van der Waals surface area contributed by atoms with Gasteiger partial charge in [-0.1, -0.05) is 18.2 Å². The third-order valence-corrected chi connectivity index (χ3v) is 1.88. The maximum atomic E-state index is 5.88.